The lowest BCUT2D eigenvalue weighted by atomic mass is 10.1. The fourth-order valence-corrected chi connectivity index (χ4v) is 2.76. The molecule has 0 spiro atoms. The SMILES string of the molecule is CCc1ccc2c(CC(=O)O[C@H](C)C(=O)Nc3cc(F)ccc3F)coc2c1. The number of esters is 1. The average molecular weight is 387 g/mol. The molecule has 0 fully saturated rings. The number of carbonyl (C=O) groups excluding carboxylic acids is 2. The number of aryl methyl sites for hydroxylation is 1. The Labute approximate surface area is 160 Å². The quantitative estimate of drug-likeness (QED) is 0.637. The van der Waals surface area contributed by atoms with Crippen LogP contribution in [0.15, 0.2) is 47.1 Å². The topological polar surface area (TPSA) is 68.5 Å². The highest BCUT2D eigenvalue weighted by molar-refractivity contribution is 5.95. The van der Waals surface area contributed by atoms with Crippen molar-refractivity contribution in [2.75, 3.05) is 5.32 Å². The predicted molar refractivity (Wildman–Crippen MR) is 99.8 cm³/mol. The summed E-state index contributed by atoms with van der Waals surface area (Å²) in [4.78, 5) is 24.3. The van der Waals surface area contributed by atoms with E-state index in [1.165, 1.54) is 13.2 Å². The van der Waals surface area contributed by atoms with Crippen molar-refractivity contribution in [3.63, 3.8) is 0 Å². The molecule has 0 bridgehead atoms. The summed E-state index contributed by atoms with van der Waals surface area (Å²) in [6, 6.07) is 8.43. The lowest BCUT2D eigenvalue weighted by molar-refractivity contribution is -0.152. The van der Waals surface area contributed by atoms with E-state index in [-0.39, 0.29) is 12.1 Å². The van der Waals surface area contributed by atoms with Crippen LogP contribution < -0.4 is 5.32 Å². The lowest BCUT2D eigenvalue weighted by Crippen LogP contribution is -2.30. The molecular weight excluding hydrogens is 368 g/mol. The van der Waals surface area contributed by atoms with E-state index in [1.807, 2.05) is 25.1 Å². The summed E-state index contributed by atoms with van der Waals surface area (Å²) < 4.78 is 37.4. The van der Waals surface area contributed by atoms with Crippen LogP contribution in [-0.4, -0.2) is 18.0 Å². The van der Waals surface area contributed by atoms with E-state index in [0.29, 0.717) is 11.1 Å². The monoisotopic (exact) mass is 387 g/mol. The van der Waals surface area contributed by atoms with E-state index in [0.717, 1.165) is 35.6 Å². The summed E-state index contributed by atoms with van der Waals surface area (Å²) in [5, 5.41) is 3.01. The van der Waals surface area contributed by atoms with Crippen molar-refractivity contribution in [2.45, 2.75) is 32.8 Å². The first-order valence-electron chi connectivity index (χ1n) is 8.81. The summed E-state index contributed by atoms with van der Waals surface area (Å²) in [6.45, 7) is 3.38. The molecule has 1 heterocycles. The van der Waals surface area contributed by atoms with Crippen LogP contribution in [0.1, 0.15) is 25.0 Å². The second kappa shape index (κ2) is 8.21. The molecule has 0 unspecified atom stereocenters. The number of rotatable bonds is 6. The Hall–Kier alpha value is -3.22. The van der Waals surface area contributed by atoms with Gasteiger partial charge in [-0.15, -0.1) is 0 Å². The molecule has 1 N–H and O–H groups in total. The van der Waals surface area contributed by atoms with Gasteiger partial charge in [0.25, 0.3) is 5.91 Å². The molecule has 7 heteroatoms. The maximum absolute atomic E-state index is 13.6. The van der Waals surface area contributed by atoms with Gasteiger partial charge in [-0.05, 0) is 37.1 Å². The third-order valence-corrected chi connectivity index (χ3v) is 4.33. The fraction of sp³-hybridized carbons (Fsp3) is 0.238. The molecule has 2 aromatic carbocycles. The zero-order chi connectivity index (χ0) is 20.3. The Morgan fingerprint density at radius 3 is 2.71 bits per heavy atom. The molecular formula is C21H19F2NO4. The Morgan fingerprint density at radius 2 is 1.96 bits per heavy atom. The Kier molecular flexibility index (Phi) is 5.73. The summed E-state index contributed by atoms with van der Waals surface area (Å²) >= 11 is 0. The first-order valence-corrected chi connectivity index (χ1v) is 8.81. The van der Waals surface area contributed by atoms with Gasteiger partial charge in [-0.2, -0.15) is 0 Å². The number of carbonyl (C=O) groups is 2. The van der Waals surface area contributed by atoms with E-state index >= 15 is 0 Å². The Balaban J connectivity index is 1.62. The van der Waals surface area contributed by atoms with Crippen LogP contribution in [0.2, 0.25) is 0 Å². The van der Waals surface area contributed by atoms with Gasteiger partial charge < -0.3 is 14.5 Å². The number of furan rings is 1. The summed E-state index contributed by atoms with van der Waals surface area (Å²) in [6.07, 6.45) is 1.09. The van der Waals surface area contributed by atoms with Crippen LogP contribution in [0.4, 0.5) is 14.5 Å². The number of benzene rings is 2. The molecule has 5 nitrogen and oxygen atoms in total. The molecule has 28 heavy (non-hydrogen) atoms. The third kappa shape index (κ3) is 4.36. The molecule has 1 amide bonds. The highest BCUT2D eigenvalue weighted by Gasteiger charge is 2.20. The molecule has 0 aliphatic carbocycles. The first-order chi connectivity index (χ1) is 13.4. The average Bonchev–Trinajstić information content (AvgIpc) is 3.06. The van der Waals surface area contributed by atoms with Gasteiger partial charge >= 0.3 is 5.97 Å². The number of ether oxygens (including phenoxy) is 1. The van der Waals surface area contributed by atoms with Gasteiger partial charge in [0, 0.05) is 17.0 Å². The van der Waals surface area contributed by atoms with Gasteiger partial charge in [-0.1, -0.05) is 19.1 Å². The fourth-order valence-electron chi connectivity index (χ4n) is 2.76. The Morgan fingerprint density at radius 1 is 1.18 bits per heavy atom. The zero-order valence-electron chi connectivity index (χ0n) is 15.4. The zero-order valence-corrected chi connectivity index (χ0v) is 15.4. The third-order valence-electron chi connectivity index (χ3n) is 4.33. The van der Waals surface area contributed by atoms with Gasteiger partial charge in [-0.3, -0.25) is 9.59 Å². The number of halogens is 2. The summed E-state index contributed by atoms with van der Waals surface area (Å²) in [5.74, 6) is -2.88. The molecule has 146 valence electrons. The van der Waals surface area contributed by atoms with Crippen LogP contribution in [-0.2, 0) is 27.2 Å². The molecule has 0 radical (unpaired) electrons. The van der Waals surface area contributed by atoms with E-state index in [9.17, 15) is 18.4 Å². The number of hydrogen-bond donors (Lipinski definition) is 1. The van der Waals surface area contributed by atoms with Gasteiger partial charge in [-0.25, -0.2) is 8.78 Å². The molecule has 0 saturated carbocycles. The summed E-state index contributed by atoms with van der Waals surface area (Å²) in [7, 11) is 0. The van der Waals surface area contributed by atoms with Gasteiger partial charge in [0.1, 0.15) is 17.2 Å². The molecule has 3 rings (SSSR count). The number of hydrogen-bond acceptors (Lipinski definition) is 4. The van der Waals surface area contributed by atoms with Crippen LogP contribution in [0.5, 0.6) is 0 Å². The number of anilines is 1. The van der Waals surface area contributed by atoms with Crippen LogP contribution in [0, 0.1) is 11.6 Å². The largest absolute Gasteiger partial charge is 0.464 e. The molecule has 0 saturated heterocycles. The second-order valence-electron chi connectivity index (χ2n) is 6.37. The van der Waals surface area contributed by atoms with E-state index in [1.54, 1.807) is 0 Å². The molecule has 1 atom stereocenters. The van der Waals surface area contributed by atoms with Crippen LogP contribution in [0.25, 0.3) is 11.0 Å². The maximum Gasteiger partial charge on any atom is 0.311 e. The van der Waals surface area contributed by atoms with E-state index < -0.39 is 29.6 Å². The van der Waals surface area contributed by atoms with E-state index in [4.69, 9.17) is 9.15 Å². The molecule has 3 aromatic rings. The molecule has 0 aliphatic rings. The number of nitrogens with one attached hydrogen (secondary N) is 1. The van der Waals surface area contributed by atoms with Crippen molar-refractivity contribution in [1.82, 2.24) is 0 Å². The van der Waals surface area contributed by atoms with Crippen LogP contribution >= 0.6 is 0 Å². The number of fused-ring (bicyclic) bond motifs is 1. The predicted octanol–water partition coefficient (Wildman–Crippen LogP) is 4.39. The van der Waals surface area contributed by atoms with Gasteiger partial charge in [0.05, 0.1) is 18.4 Å². The van der Waals surface area contributed by atoms with Crippen molar-refractivity contribution in [2.24, 2.45) is 0 Å². The lowest BCUT2D eigenvalue weighted by Gasteiger charge is -2.14. The van der Waals surface area contributed by atoms with Crippen molar-refractivity contribution in [3.05, 3.63) is 65.4 Å². The minimum absolute atomic E-state index is 0.0790. The van der Waals surface area contributed by atoms with Crippen LogP contribution in [0.3, 0.4) is 0 Å². The highest BCUT2D eigenvalue weighted by Crippen LogP contribution is 2.23. The van der Waals surface area contributed by atoms with Gasteiger partial charge in [0.2, 0.25) is 0 Å². The van der Waals surface area contributed by atoms with Crippen molar-refractivity contribution in [1.29, 1.82) is 0 Å². The second-order valence-corrected chi connectivity index (χ2v) is 6.37. The van der Waals surface area contributed by atoms with Crippen molar-refractivity contribution >= 4 is 28.5 Å². The highest BCUT2D eigenvalue weighted by atomic mass is 19.1. The van der Waals surface area contributed by atoms with Crippen molar-refractivity contribution in [3.8, 4) is 0 Å². The smallest absolute Gasteiger partial charge is 0.311 e. The van der Waals surface area contributed by atoms with Gasteiger partial charge in [0.15, 0.2) is 6.10 Å². The Bertz CT molecular complexity index is 1030. The van der Waals surface area contributed by atoms with E-state index in [2.05, 4.69) is 5.32 Å². The molecule has 0 aliphatic heterocycles. The normalized spacial score (nSPS) is 12.0. The molecule has 1 aromatic heterocycles. The minimum atomic E-state index is -1.18. The summed E-state index contributed by atoms with van der Waals surface area (Å²) in [5.41, 5.74) is 2.12. The number of amides is 1. The minimum Gasteiger partial charge on any atom is -0.464 e. The maximum atomic E-state index is 13.6. The van der Waals surface area contributed by atoms with Crippen molar-refractivity contribution < 1.29 is 27.5 Å². The first kappa shape index (κ1) is 19.5. The standard InChI is InChI=1S/C21H19F2NO4/c1-3-13-4-6-16-14(11-27-19(16)8-13)9-20(25)28-12(2)21(26)24-18-10-15(22)5-7-17(18)23/h4-8,10-12H,3,9H2,1-2H3,(H,24,26)/t12-/m1/s1.